The average molecular weight is 138 g/mol. The number of hydrogen-bond acceptors (Lipinski definition) is 1. The fraction of sp³-hybridized carbons (Fsp3) is 0.333. The van der Waals surface area contributed by atoms with Crippen LogP contribution in [0.15, 0.2) is 36.1 Å². The molecule has 0 unspecified atom stereocenters. The van der Waals surface area contributed by atoms with Crippen molar-refractivity contribution in [2.75, 3.05) is 7.11 Å². The van der Waals surface area contributed by atoms with Crippen molar-refractivity contribution in [2.45, 2.75) is 13.8 Å². The summed E-state index contributed by atoms with van der Waals surface area (Å²) in [5, 5.41) is 0. The van der Waals surface area contributed by atoms with Crippen LogP contribution in [0.2, 0.25) is 0 Å². The molecule has 0 aromatic rings. The zero-order valence-electron chi connectivity index (χ0n) is 6.90. The number of allylic oxidation sites excluding steroid dienone is 3. The molecule has 0 fully saturated rings. The van der Waals surface area contributed by atoms with Crippen molar-refractivity contribution in [1.29, 1.82) is 0 Å². The predicted octanol–water partition coefficient (Wildman–Crippen LogP) is 2.67. The van der Waals surface area contributed by atoms with Crippen LogP contribution in [0.5, 0.6) is 0 Å². The Morgan fingerprint density at radius 3 is 2.00 bits per heavy atom. The van der Waals surface area contributed by atoms with Crippen LogP contribution in [0.25, 0.3) is 0 Å². The number of ether oxygens (including phenoxy) is 1. The second-order valence-electron chi connectivity index (χ2n) is 2.18. The van der Waals surface area contributed by atoms with Crippen LogP contribution in [0.4, 0.5) is 0 Å². The lowest BCUT2D eigenvalue weighted by Crippen LogP contribution is -1.88. The van der Waals surface area contributed by atoms with Crippen molar-refractivity contribution >= 4 is 0 Å². The zero-order valence-corrected chi connectivity index (χ0v) is 6.90. The third-order valence-corrected chi connectivity index (χ3v) is 1.42. The van der Waals surface area contributed by atoms with E-state index in [4.69, 9.17) is 4.74 Å². The molecule has 0 saturated carbocycles. The summed E-state index contributed by atoms with van der Waals surface area (Å²) < 4.78 is 5.02. The summed E-state index contributed by atoms with van der Waals surface area (Å²) in [6, 6.07) is 0. The van der Waals surface area contributed by atoms with Crippen LogP contribution in [0, 0.1) is 0 Å². The van der Waals surface area contributed by atoms with Crippen molar-refractivity contribution in [3.05, 3.63) is 36.1 Å². The first-order valence-electron chi connectivity index (χ1n) is 3.16. The van der Waals surface area contributed by atoms with Gasteiger partial charge in [0.05, 0.1) is 7.11 Å². The molecule has 0 radical (unpaired) electrons. The largest absolute Gasteiger partial charge is 0.497 e. The lowest BCUT2D eigenvalue weighted by molar-refractivity contribution is 0.303. The SMILES string of the molecule is C=C/C(OC)=C(\C)C(=C)C. The Bertz CT molecular complexity index is 175. The predicted molar refractivity (Wildman–Crippen MR) is 44.7 cm³/mol. The van der Waals surface area contributed by atoms with Gasteiger partial charge in [0.25, 0.3) is 0 Å². The van der Waals surface area contributed by atoms with E-state index in [0.29, 0.717) is 0 Å². The summed E-state index contributed by atoms with van der Waals surface area (Å²) in [6.45, 7) is 11.3. The smallest absolute Gasteiger partial charge is 0.121 e. The first kappa shape index (κ1) is 9.02. The van der Waals surface area contributed by atoms with Gasteiger partial charge < -0.3 is 4.74 Å². The quantitative estimate of drug-likeness (QED) is 0.430. The number of rotatable bonds is 3. The van der Waals surface area contributed by atoms with Crippen LogP contribution in [0.1, 0.15) is 13.8 Å². The topological polar surface area (TPSA) is 9.23 Å². The summed E-state index contributed by atoms with van der Waals surface area (Å²) in [7, 11) is 1.63. The molecular formula is C9H14O. The van der Waals surface area contributed by atoms with E-state index in [1.807, 2.05) is 13.8 Å². The molecule has 0 rings (SSSR count). The van der Waals surface area contributed by atoms with E-state index in [1.165, 1.54) is 0 Å². The molecule has 0 atom stereocenters. The normalized spacial score (nSPS) is 11.9. The summed E-state index contributed by atoms with van der Waals surface area (Å²) >= 11 is 0. The highest BCUT2D eigenvalue weighted by molar-refractivity contribution is 5.31. The monoisotopic (exact) mass is 138 g/mol. The molecule has 0 aliphatic heterocycles. The summed E-state index contributed by atoms with van der Waals surface area (Å²) in [6.07, 6.45) is 1.68. The highest BCUT2D eigenvalue weighted by atomic mass is 16.5. The van der Waals surface area contributed by atoms with Crippen LogP contribution in [0.3, 0.4) is 0 Å². The molecule has 0 aliphatic carbocycles. The van der Waals surface area contributed by atoms with E-state index >= 15 is 0 Å². The van der Waals surface area contributed by atoms with Gasteiger partial charge in [0, 0.05) is 0 Å². The van der Waals surface area contributed by atoms with Gasteiger partial charge in [-0.05, 0) is 25.5 Å². The lowest BCUT2D eigenvalue weighted by Gasteiger charge is -2.05. The summed E-state index contributed by atoms with van der Waals surface area (Å²) in [5.41, 5.74) is 2.06. The first-order chi connectivity index (χ1) is 4.63. The Kier molecular flexibility index (Phi) is 3.55. The van der Waals surface area contributed by atoms with E-state index in [0.717, 1.165) is 16.9 Å². The van der Waals surface area contributed by atoms with Crippen LogP contribution < -0.4 is 0 Å². The second kappa shape index (κ2) is 3.94. The van der Waals surface area contributed by atoms with Gasteiger partial charge in [0.1, 0.15) is 5.76 Å². The molecule has 0 aliphatic rings. The summed E-state index contributed by atoms with van der Waals surface area (Å²) in [5.74, 6) is 0.799. The van der Waals surface area contributed by atoms with Gasteiger partial charge >= 0.3 is 0 Å². The molecule has 0 spiro atoms. The van der Waals surface area contributed by atoms with Gasteiger partial charge in [-0.25, -0.2) is 0 Å². The Morgan fingerprint density at radius 1 is 1.40 bits per heavy atom. The van der Waals surface area contributed by atoms with Crippen molar-refractivity contribution in [3.63, 3.8) is 0 Å². The lowest BCUT2D eigenvalue weighted by atomic mass is 10.1. The molecule has 0 aromatic carbocycles. The molecule has 0 bridgehead atoms. The van der Waals surface area contributed by atoms with Gasteiger partial charge in [0.15, 0.2) is 0 Å². The van der Waals surface area contributed by atoms with Crippen LogP contribution in [-0.4, -0.2) is 7.11 Å². The van der Waals surface area contributed by atoms with Crippen molar-refractivity contribution < 1.29 is 4.74 Å². The maximum atomic E-state index is 5.02. The van der Waals surface area contributed by atoms with Gasteiger partial charge in [-0.2, -0.15) is 0 Å². The third kappa shape index (κ3) is 2.09. The molecule has 10 heavy (non-hydrogen) atoms. The van der Waals surface area contributed by atoms with Crippen molar-refractivity contribution in [2.24, 2.45) is 0 Å². The highest BCUT2D eigenvalue weighted by Crippen LogP contribution is 2.12. The third-order valence-electron chi connectivity index (χ3n) is 1.42. The van der Waals surface area contributed by atoms with Crippen LogP contribution >= 0.6 is 0 Å². The number of methoxy groups -OCH3 is 1. The minimum atomic E-state index is 0.799. The minimum Gasteiger partial charge on any atom is -0.497 e. The van der Waals surface area contributed by atoms with E-state index in [-0.39, 0.29) is 0 Å². The standard InChI is InChI=1S/C9H14O/c1-6-9(10-5)8(4)7(2)3/h6H,1-2H2,3-5H3/b9-8-. The molecular weight excluding hydrogens is 124 g/mol. The Balaban J connectivity index is 4.59. The fourth-order valence-corrected chi connectivity index (χ4v) is 0.600. The van der Waals surface area contributed by atoms with E-state index in [2.05, 4.69) is 13.2 Å². The van der Waals surface area contributed by atoms with Gasteiger partial charge in [-0.1, -0.05) is 18.7 Å². The van der Waals surface area contributed by atoms with E-state index in [9.17, 15) is 0 Å². The average Bonchev–Trinajstić information content (AvgIpc) is 1.90. The van der Waals surface area contributed by atoms with Crippen molar-refractivity contribution in [3.8, 4) is 0 Å². The Labute approximate surface area is 62.7 Å². The fourth-order valence-electron chi connectivity index (χ4n) is 0.600. The van der Waals surface area contributed by atoms with Gasteiger partial charge in [0.2, 0.25) is 0 Å². The van der Waals surface area contributed by atoms with Gasteiger partial charge in [-0.15, -0.1) is 0 Å². The molecule has 0 aromatic heterocycles. The maximum absolute atomic E-state index is 5.02. The molecule has 0 amide bonds. The Hall–Kier alpha value is -0.980. The number of hydrogen-bond donors (Lipinski definition) is 0. The minimum absolute atomic E-state index is 0.799. The summed E-state index contributed by atoms with van der Waals surface area (Å²) in [4.78, 5) is 0. The molecule has 56 valence electrons. The molecule has 0 N–H and O–H groups in total. The maximum Gasteiger partial charge on any atom is 0.121 e. The van der Waals surface area contributed by atoms with E-state index in [1.54, 1.807) is 13.2 Å². The molecule has 0 saturated heterocycles. The zero-order chi connectivity index (χ0) is 8.15. The first-order valence-corrected chi connectivity index (χ1v) is 3.16. The van der Waals surface area contributed by atoms with Crippen LogP contribution in [-0.2, 0) is 4.74 Å². The second-order valence-corrected chi connectivity index (χ2v) is 2.18. The van der Waals surface area contributed by atoms with E-state index < -0.39 is 0 Å². The Morgan fingerprint density at radius 2 is 1.90 bits per heavy atom. The molecule has 1 heteroatoms. The molecule has 0 heterocycles. The molecule has 1 nitrogen and oxygen atoms in total. The van der Waals surface area contributed by atoms with Crippen molar-refractivity contribution in [1.82, 2.24) is 0 Å². The highest BCUT2D eigenvalue weighted by Gasteiger charge is 1.96. The van der Waals surface area contributed by atoms with Gasteiger partial charge in [-0.3, -0.25) is 0 Å².